The van der Waals surface area contributed by atoms with Gasteiger partial charge < -0.3 is 4.90 Å². The Labute approximate surface area is 184 Å². The van der Waals surface area contributed by atoms with Crippen LogP contribution in [-0.2, 0) is 19.5 Å². The van der Waals surface area contributed by atoms with Crippen LogP contribution >= 0.6 is 22.9 Å². The van der Waals surface area contributed by atoms with Gasteiger partial charge in [0.15, 0.2) is 0 Å². The van der Waals surface area contributed by atoms with Gasteiger partial charge in [-0.05, 0) is 41.1 Å². The molecule has 2 aromatic heterocycles. The van der Waals surface area contributed by atoms with Crippen molar-refractivity contribution in [2.75, 3.05) is 6.54 Å². The molecule has 6 heteroatoms. The van der Waals surface area contributed by atoms with Crippen molar-refractivity contribution in [2.24, 2.45) is 0 Å². The molecule has 30 heavy (non-hydrogen) atoms. The fourth-order valence-electron chi connectivity index (χ4n) is 3.84. The second-order valence-corrected chi connectivity index (χ2v) is 8.86. The molecule has 150 valence electrons. The Bertz CT molecular complexity index is 1180. The fraction of sp³-hybridized carbons (Fsp3) is 0.167. The van der Waals surface area contributed by atoms with E-state index in [2.05, 4.69) is 23.6 Å². The maximum absolute atomic E-state index is 13.5. The maximum atomic E-state index is 13.5. The van der Waals surface area contributed by atoms with Crippen molar-refractivity contribution in [3.8, 4) is 11.3 Å². The minimum Gasteiger partial charge on any atom is -0.334 e. The molecule has 0 unspecified atom stereocenters. The van der Waals surface area contributed by atoms with Crippen LogP contribution in [0.2, 0.25) is 5.02 Å². The number of halogens is 1. The molecular weight excluding hydrogens is 414 g/mol. The van der Waals surface area contributed by atoms with Crippen molar-refractivity contribution in [2.45, 2.75) is 19.5 Å². The van der Waals surface area contributed by atoms with E-state index in [0.717, 1.165) is 24.1 Å². The number of hydrogen-bond donors (Lipinski definition) is 0. The van der Waals surface area contributed by atoms with Gasteiger partial charge in [0.05, 0.1) is 12.1 Å². The van der Waals surface area contributed by atoms with Crippen LogP contribution < -0.4 is 0 Å². The Balaban J connectivity index is 1.50. The van der Waals surface area contributed by atoms with Crippen molar-refractivity contribution in [1.82, 2.24) is 14.7 Å². The van der Waals surface area contributed by atoms with Crippen LogP contribution in [0.1, 0.15) is 26.4 Å². The number of carbonyl (C=O) groups is 1. The van der Waals surface area contributed by atoms with Gasteiger partial charge in [0.25, 0.3) is 5.91 Å². The van der Waals surface area contributed by atoms with Crippen LogP contribution in [0.25, 0.3) is 11.3 Å². The van der Waals surface area contributed by atoms with Crippen molar-refractivity contribution in [1.29, 1.82) is 0 Å². The lowest BCUT2D eigenvalue weighted by atomic mass is 10.1. The van der Waals surface area contributed by atoms with E-state index in [1.165, 1.54) is 10.4 Å². The Kier molecular flexibility index (Phi) is 5.15. The van der Waals surface area contributed by atoms with Crippen LogP contribution in [0.5, 0.6) is 0 Å². The molecule has 5 rings (SSSR count). The third-order valence-corrected chi connectivity index (χ3v) is 6.67. The molecule has 0 saturated heterocycles. The molecule has 0 aliphatic carbocycles. The number of carbonyl (C=O) groups excluding carboxylic acids is 1. The third kappa shape index (κ3) is 3.78. The first-order valence-electron chi connectivity index (χ1n) is 9.89. The summed E-state index contributed by atoms with van der Waals surface area (Å²) in [6, 6.07) is 19.8. The SMILES string of the molecule is O=C(c1cn(Cc2ccccc2)nc1-c1ccc(Cl)cc1)N1CCc2sccc2C1. The van der Waals surface area contributed by atoms with E-state index in [1.807, 2.05) is 58.2 Å². The predicted octanol–water partition coefficient (Wildman–Crippen LogP) is 5.51. The average molecular weight is 434 g/mol. The quantitative estimate of drug-likeness (QED) is 0.425. The molecule has 1 aliphatic heterocycles. The first-order chi connectivity index (χ1) is 14.7. The van der Waals surface area contributed by atoms with Gasteiger partial charge in [-0.1, -0.05) is 54.1 Å². The number of nitrogens with zero attached hydrogens (tertiary/aromatic N) is 3. The Morgan fingerprint density at radius 3 is 2.67 bits per heavy atom. The Morgan fingerprint density at radius 1 is 1.07 bits per heavy atom. The zero-order valence-electron chi connectivity index (χ0n) is 16.3. The van der Waals surface area contributed by atoms with E-state index < -0.39 is 0 Å². The minimum atomic E-state index is 0.0242. The number of hydrogen-bond acceptors (Lipinski definition) is 3. The zero-order chi connectivity index (χ0) is 20.5. The van der Waals surface area contributed by atoms with Crippen molar-refractivity contribution >= 4 is 28.8 Å². The lowest BCUT2D eigenvalue weighted by Crippen LogP contribution is -2.35. The van der Waals surface area contributed by atoms with E-state index in [4.69, 9.17) is 16.7 Å². The summed E-state index contributed by atoms with van der Waals surface area (Å²) >= 11 is 7.85. The molecular formula is C24H20ClN3OS. The lowest BCUT2D eigenvalue weighted by molar-refractivity contribution is 0.0736. The van der Waals surface area contributed by atoms with Gasteiger partial charge in [-0.15, -0.1) is 11.3 Å². The van der Waals surface area contributed by atoms with Gasteiger partial charge in [0, 0.05) is 34.7 Å². The third-order valence-electron chi connectivity index (χ3n) is 5.39. The van der Waals surface area contributed by atoms with Gasteiger partial charge in [-0.25, -0.2) is 0 Å². The summed E-state index contributed by atoms with van der Waals surface area (Å²) in [6.07, 6.45) is 2.79. The number of rotatable bonds is 4. The van der Waals surface area contributed by atoms with Crippen molar-refractivity contribution in [3.63, 3.8) is 0 Å². The molecule has 0 fully saturated rings. The average Bonchev–Trinajstić information content (AvgIpc) is 3.41. The van der Waals surface area contributed by atoms with Gasteiger partial charge in [0.2, 0.25) is 0 Å². The van der Waals surface area contributed by atoms with Crippen LogP contribution in [0.3, 0.4) is 0 Å². The van der Waals surface area contributed by atoms with Gasteiger partial charge in [-0.2, -0.15) is 5.10 Å². The molecule has 0 atom stereocenters. The zero-order valence-corrected chi connectivity index (χ0v) is 17.9. The molecule has 3 heterocycles. The number of thiophene rings is 1. The largest absolute Gasteiger partial charge is 0.334 e. The maximum Gasteiger partial charge on any atom is 0.258 e. The molecule has 0 saturated carbocycles. The van der Waals surface area contributed by atoms with Crippen LogP contribution in [-0.4, -0.2) is 27.1 Å². The van der Waals surface area contributed by atoms with Gasteiger partial charge in [-0.3, -0.25) is 9.48 Å². The summed E-state index contributed by atoms with van der Waals surface area (Å²) in [6.45, 7) is 2.00. The molecule has 0 spiro atoms. The Hall–Kier alpha value is -2.89. The highest BCUT2D eigenvalue weighted by Crippen LogP contribution is 2.29. The molecule has 4 nitrogen and oxygen atoms in total. The molecule has 0 radical (unpaired) electrons. The predicted molar refractivity (Wildman–Crippen MR) is 121 cm³/mol. The topological polar surface area (TPSA) is 38.1 Å². The first-order valence-corrected chi connectivity index (χ1v) is 11.1. The van der Waals surface area contributed by atoms with E-state index in [9.17, 15) is 4.79 Å². The molecule has 1 aliphatic rings. The van der Waals surface area contributed by atoms with Crippen molar-refractivity contribution in [3.05, 3.63) is 98.8 Å². The van der Waals surface area contributed by atoms with Crippen LogP contribution in [0, 0.1) is 0 Å². The highest BCUT2D eigenvalue weighted by Gasteiger charge is 2.26. The van der Waals surface area contributed by atoms with E-state index in [-0.39, 0.29) is 5.91 Å². The monoisotopic (exact) mass is 433 g/mol. The summed E-state index contributed by atoms with van der Waals surface area (Å²) in [4.78, 5) is 16.8. The smallest absolute Gasteiger partial charge is 0.258 e. The van der Waals surface area contributed by atoms with E-state index >= 15 is 0 Å². The molecule has 0 bridgehead atoms. The highest BCUT2D eigenvalue weighted by molar-refractivity contribution is 7.10. The minimum absolute atomic E-state index is 0.0242. The number of fused-ring (bicyclic) bond motifs is 1. The summed E-state index contributed by atoms with van der Waals surface area (Å²) < 4.78 is 1.85. The second-order valence-electron chi connectivity index (χ2n) is 7.43. The summed E-state index contributed by atoms with van der Waals surface area (Å²) in [7, 11) is 0. The molecule has 4 aromatic rings. The lowest BCUT2D eigenvalue weighted by Gasteiger charge is -2.27. The number of aromatic nitrogens is 2. The van der Waals surface area contributed by atoms with E-state index in [1.54, 1.807) is 11.3 Å². The summed E-state index contributed by atoms with van der Waals surface area (Å²) in [5, 5.41) is 7.55. The molecule has 0 N–H and O–H groups in total. The Morgan fingerprint density at radius 2 is 1.87 bits per heavy atom. The fourth-order valence-corrected chi connectivity index (χ4v) is 4.86. The second kappa shape index (κ2) is 8.09. The summed E-state index contributed by atoms with van der Waals surface area (Å²) in [5.41, 5.74) is 4.62. The molecule has 1 amide bonds. The summed E-state index contributed by atoms with van der Waals surface area (Å²) in [5.74, 6) is 0.0242. The van der Waals surface area contributed by atoms with E-state index in [0.29, 0.717) is 29.4 Å². The van der Waals surface area contributed by atoms with Crippen LogP contribution in [0.15, 0.2) is 72.2 Å². The molecule has 2 aromatic carbocycles. The normalized spacial score (nSPS) is 13.3. The number of amides is 1. The number of benzene rings is 2. The standard InChI is InChI=1S/C24H20ClN3OS/c25-20-8-6-18(7-9-20)23-21(16-28(26-23)14-17-4-2-1-3-5-17)24(29)27-12-10-22-19(15-27)11-13-30-22/h1-9,11,13,16H,10,12,14-15H2. The van der Waals surface area contributed by atoms with Crippen LogP contribution in [0.4, 0.5) is 0 Å². The van der Waals surface area contributed by atoms with Gasteiger partial charge >= 0.3 is 0 Å². The van der Waals surface area contributed by atoms with Gasteiger partial charge in [0.1, 0.15) is 5.69 Å². The highest BCUT2D eigenvalue weighted by atomic mass is 35.5. The van der Waals surface area contributed by atoms with Crippen molar-refractivity contribution < 1.29 is 4.79 Å². The first kappa shape index (κ1) is 19.1.